The van der Waals surface area contributed by atoms with Crippen LogP contribution in [0.2, 0.25) is 0 Å². The Morgan fingerprint density at radius 3 is 2.87 bits per heavy atom. The van der Waals surface area contributed by atoms with Crippen LogP contribution in [0.4, 0.5) is 0 Å². The largest absolute Gasteiger partial charge is 0.507 e. The number of benzene rings is 1. The van der Waals surface area contributed by atoms with E-state index in [0.29, 0.717) is 18.0 Å². The maximum Gasteiger partial charge on any atom is 0.255 e. The third kappa shape index (κ3) is 3.74. The number of piperidine rings is 1. The molecule has 1 aliphatic heterocycles. The van der Waals surface area contributed by atoms with Crippen LogP contribution in [0.25, 0.3) is 5.69 Å². The van der Waals surface area contributed by atoms with Crippen molar-refractivity contribution < 1.29 is 9.90 Å². The summed E-state index contributed by atoms with van der Waals surface area (Å²) in [7, 11) is 2.11. The molecule has 0 aliphatic carbocycles. The molecule has 2 heterocycles. The predicted octanol–water partition coefficient (Wildman–Crippen LogP) is 2.25. The standard InChI is InChI=1S/C18H23N3O2/c1-20-8-4-5-14(13-20)12-19-18(23)16-11-15(6-7-17(16)22)21-9-2-3-10-21/h2-3,6-7,9-11,14,22H,4-5,8,12-13H2,1H3,(H,19,23)/t14-/m1/s1. The topological polar surface area (TPSA) is 57.5 Å². The number of hydrogen-bond donors (Lipinski definition) is 2. The Bertz CT molecular complexity index is 667. The zero-order valence-corrected chi connectivity index (χ0v) is 13.4. The molecule has 0 saturated carbocycles. The number of aromatic nitrogens is 1. The van der Waals surface area contributed by atoms with E-state index in [1.165, 1.54) is 6.42 Å². The molecule has 5 heteroatoms. The maximum atomic E-state index is 12.4. The van der Waals surface area contributed by atoms with Crippen molar-refractivity contribution in [1.82, 2.24) is 14.8 Å². The van der Waals surface area contributed by atoms with E-state index < -0.39 is 0 Å². The molecule has 1 aromatic carbocycles. The molecule has 1 fully saturated rings. The number of rotatable bonds is 4. The number of hydrogen-bond acceptors (Lipinski definition) is 3. The average molecular weight is 313 g/mol. The number of carbonyl (C=O) groups is 1. The van der Waals surface area contributed by atoms with Crippen LogP contribution in [-0.4, -0.2) is 47.2 Å². The Labute approximate surface area is 136 Å². The van der Waals surface area contributed by atoms with Crippen molar-refractivity contribution in [3.05, 3.63) is 48.3 Å². The molecule has 23 heavy (non-hydrogen) atoms. The highest BCUT2D eigenvalue weighted by molar-refractivity contribution is 5.97. The fraction of sp³-hybridized carbons (Fsp3) is 0.389. The SMILES string of the molecule is CN1CCC[C@H](CNC(=O)c2cc(-n3cccc3)ccc2O)C1. The first-order valence-electron chi connectivity index (χ1n) is 8.06. The van der Waals surface area contributed by atoms with Crippen LogP contribution >= 0.6 is 0 Å². The Balaban J connectivity index is 1.68. The van der Waals surface area contributed by atoms with Crippen LogP contribution in [0.15, 0.2) is 42.7 Å². The van der Waals surface area contributed by atoms with Gasteiger partial charge in [0.15, 0.2) is 0 Å². The molecule has 2 aromatic rings. The maximum absolute atomic E-state index is 12.4. The summed E-state index contributed by atoms with van der Waals surface area (Å²) in [5, 5.41) is 13.0. The molecule has 3 rings (SSSR count). The van der Waals surface area contributed by atoms with Gasteiger partial charge in [-0.2, -0.15) is 0 Å². The summed E-state index contributed by atoms with van der Waals surface area (Å²) < 4.78 is 1.91. The molecular weight excluding hydrogens is 290 g/mol. The number of nitrogens with zero attached hydrogens (tertiary/aromatic N) is 2. The van der Waals surface area contributed by atoms with Gasteiger partial charge in [0.05, 0.1) is 5.56 Å². The highest BCUT2D eigenvalue weighted by atomic mass is 16.3. The Kier molecular flexibility index (Phi) is 4.67. The summed E-state index contributed by atoms with van der Waals surface area (Å²) in [4.78, 5) is 14.7. The van der Waals surface area contributed by atoms with E-state index in [2.05, 4.69) is 17.3 Å². The van der Waals surface area contributed by atoms with E-state index in [9.17, 15) is 9.90 Å². The summed E-state index contributed by atoms with van der Waals surface area (Å²) in [6, 6.07) is 8.93. The quantitative estimate of drug-likeness (QED) is 0.910. The molecule has 0 unspecified atom stereocenters. The van der Waals surface area contributed by atoms with E-state index >= 15 is 0 Å². The number of aromatic hydroxyl groups is 1. The smallest absolute Gasteiger partial charge is 0.255 e. The second-order valence-corrected chi connectivity index (χ2v) is 6.27. The summed E-state index contributed by atoms with van der Waals surface area (Å²) in [5.41, 5.74) is 1.18. The molecule has 1 atom stereocenters. The van der Waals surface area contributed by atoms with Crippen molar-refractivity contribution in [1.29, 1.82) is 0 Å². The molecular formula is C18H23N3O2. The van der Waals surface area contributed by atoms with E-state index in [0.717, 1.165) is 25.2 Å². The minimum atomic E-state index is -0.218. The zero-order chi connectivity index (χ0) is 16.2. The molecule has 122 valence electrons. The average Bonchev–Trinajstić information content (AvgIpc) is 3.07. The van der Waals surface area contributed by atoms with Gasteiger partial charge in [-0.25, -0.2) is 0 Å². The molecule has 1 aliphatic rings. The molecule has 2 N–H and O–H groups in total. The summed E-state index contributed by atoms with van der Waals surface area (Å²) in [6.45, 7) is 2.79. The van der Waals surface area contributed by atoms with Gasteiger partial charge in [-0.1, -0.05) is 0 Å². The monoisotopic (exact) mass is 313 g/mol. The lowest BCUT2D eigenvalue weighted by Gasteiger charge is -2.29. The molecule has 1 aromatic heterocycles. The fourth-order valence-electron chi connectivity index (χ4n) is 3.15. The lowest BCUT2D eigenvalue weighted by Crippen LogP contribution is -2.39. The molecule has 5 nitrogen and oxygen atoms in total. The van der Waals surface area contributed by atoms with Crippen LogP contribution < -0.4 is 5.32 Å². The van der Waals surface area contributed by atoms with Gasteiger partial charge < -0.3 is 19.9 Å². The van der Waals surface area contributed by atoms with Crippen LogP contribution in [0.1, 0.15) is 23.2 Å². The lowest BCUT2D eigenvalue weighted by atomic mass is 9.98. The zero-order valence-electron chi connectivity index (χ0n) is 13.4. The van der Waals surface area contributed by atoms with E-state index in [-0.39, 0.29) is 11.7 Å². The second-order valence-electron chi connectivity index (χ2n) is 6.27. The normalized spacial score (nSPS) is 18.7. The molecule has 1 saturated heterocycles. The van der Waals surface area contributed by atoms with E-state index in [1.807, 2.05) is 29.1 Å². The van der Waals surface area contributed by atoms with Crippen LogP contribution in [-0.2, 0) is 0 Å². The Morgan fingerprint density at radius 2 is 2.13 bits per heavy atom. The highest BCUT2D eigenvalue weighted by Gasteiger charge is 2.19. The van der Waals surface area contributed by atoms with Gasteiger partial charge in [0.2, 0.25) is 0 Å². The molecule has 1 amide bonds. The lowest BCUT2D eigenvalue weighted by molar-refractivity contribution is 0.0934. The summed E-state index contributed by atoms with van der Waals surface area (Å²) in [5.74, 6) is 0.274. The van der Waals surface area contributed by atoms with Crippen molar-refractivity contribution in [2.24, 2.45) is 5.92 Å². The van der Waals surface area contributed by atoms with E-state index in [4.69, 9.17) is 0 Å². The summed E-state index contributed by atoms with van der Waals surface area (Å²) >= 11 is 0. The van der Waals surface area contributed by atoms with Gasteiger partial charge in [-0.05, 0) is 62.7 Å². The van der Waals surface area contributed by atoms with Gasteiger partial charge in [0.25, 0.3) is 5.91 Å². The first-order valence-corrected chi connectivity index (χ1v) is 8.06. The van der Waals surface area contributed by atoms with Gasteiger partial charge in [0, 0.05) is 31.2 Å². The minimum Gasteiger partial charge on any atom is -0.507 e. The first-order chi connectivity index (χ1) is 11.1. The van der Waals surface area contributed by atoms with Crippen molar-refractivity contribution in [2.75, 3.05) is 26.7 Å². The van der Waals surface area contributed by atoms with Crippen LogP contribution in [0, 0.1) is 5.92 Å². The number of phenols is 1. The van der Waals surface area contributed by atoms with Crippen LogP contribution in [0.5, 0.6) is 5.75 Å². The van der Waals surface area contributed by atoms with Crippen molar-refractivity contribution in [3.8, 4) is 11.4 Å². The van der Waals surface area contributed by atoms with Gasteiger partial charge >= 0.3 is 0 Å². The minimum absolute atomic E-state index is 0.0131. The molecule has 0 bridgehead atoms. The third-order valence-electron chi connectivity index (χ3n) is 4.40. The van der Waals surface area contributed by atoms with Crippen molar-refractivity contribution in [3.63, 3.8) is 0 Å². The Morgan fingerprint density at radius 1 is 1.35 bits per heavy atom. The number of nitrogens with one attached hydrogen (secondary N) is 1. The predicted molar refractivity (Wildman–Crippen MR) is 90.0 cm³/mol. The number of amides is 1. The van der Waals surface area contributed by atoms with Gasteiger partial charge in [0.1, 0.15) is 5.75 Å². The Hall–Kier alpha value is -2.27. The van der Waals surface area contributed by atoms with Gasteiger partial charge in [-0.3, -0.25) is 4.79 Å². The molecule has 0 spiro atoms. The third-order valence-corrected chi connectivity index (χ3v) is 4.40. The van der Waals surface area contributed by atoms with Gasteiger partial charge in [-0.15, -0.1) is 0 Å². The number of carbonyl (C=O) groups excluding carboxylic acids is 1. The first kappa shape index (κ1) is 15.6. The van der Waals surface area contributed by atoms with Crippen molar-refractivity contribution >= 4 is 5.91 Å². The number of phenolic OH excluding ortho intramolecular Hbond substituents is 1. The van der Waals surface area contributed by atoms with Crippen molar-refractivity contribution in [2.45, 2.75) is 12.8 Å². The highest BCUT2D eigenvalue weighted by Crippen LogP contribution is 2.21. The van der Waals surface area contributed by atoms with Crippen LogP contribution in [0.3, 0.4) is 0 Å². The second kappa shape index (κ2) is 6.87. The van der Waals surface area contributed by atoms with E-state index in [1.54, 1.807) is 18.2 Å². The summed E-state index contributed by atoms with van der Waals surface area (Å²) in [6.07, 6.45) is 6.13. The fourth-order valence-corrected chi connectivity index (χ4v) is 3.15. The number of likely N-dealkylation sites (tertiary alicyclic amines) is 1. The molecule has 0 radical (unpaired) electrons.